The van der Waals surface area contributed by atoms with E-state index in [2.05, 4.69) is 20.8 Å². The first kappa shape index (κ1) is 17.9. The largest absolute Gasteiger partial charge is 0.497 e. The average Bonchev–Trinajstić information content (AvgIpc) is 3.20. The molecular weight excluding hydrogens is 390 g/mol. The average molecular weight is 408 g/mol. The first-order valence-corrected chi connectivity index (χ1v) is 9.72. The predicted octanol–water partition coefficient (Wildman–Crippen LogP) is 3.75. The van der Waals surface area contributed by atoms with E-state index in [-0.39, 0.29) is 17.7 Å². The van der Waals surface area contributed by atoms with Gasteiger partial charge in [-0.1, -0.05) is 41.0 Å². The van der Waals surface area contributed by atoms with Crippen molar-refractivity contribution in [2.75, 3.05) is 12.4 Å². The van der Waals surface area contributed by atoms with Crippen molar-refractivity contribution in [2.24, 2.45) is 0 Å². The number of nitrogens with zero attached hydrogens (tertiary/aromatic N) is 4. The van der Waals surface area contributed by atoms with E-state index in [0.717, 1.165) is 22.6 Å². The monoisotopic (exact) mass is 407 g/mol. The zero-order chi connectivity index (χ0) is 20.0. The summed E-state index contributed by atoms with van der Waals surface area (Å²) in [4.78, 5) is 13.3. The maximum atomic E-state index is 13.3. The van der Waals surface area contributed by atoms with Crippen LogP contribution in [0.5, 0.6) is 5.75 Å². The Labute approximate surface area is 172 Å². The van der Waals surface area contributed by atoms with Gasteiger partial charge in [0.05, 0.1) is 7.11 Å². The van der Waals surface area contributed by atoms with Crippen LogP contribution in [0.1, 0.15) is 35.9 Å². The maximum absolute atomic E-state index is 13.3. The number of allylic oxidation sites excluding steroid dienone is 2. The number of halogens is 1. The zero-order valence-corrected chi connectivity index (χ0v) is 16.4. The van der Waals surface area contributed by atoms with E-state index in [1.54, 1.807) is 11.8 Å². The molecule has 1 N–H and O–H groups in total. The van der Waals surface area contributed by atoms with Gasteiger partial charge in [-0.2, -0.15) is 4.68 Å². The highest BCUT2D eigenvalue weighted by Gasteiger charge is 2.39. The number of hydrogen-bond acceptors (Lipinski definition) is 6. The summed E-state index contributed by atoms with van der Waals surface area (Å²) in [6.07, 6.45) is 1.14. The molecule has 1 aromatic heterocycles. The number of carbonyl (C=O) groups is 1. The molecule has 0 unspecified atom stereocenters. The van der Waals surface area contributed by atoms with Crippen LogP contribution in [0.15, 0.2) is 59.8 Å². The predicted molar refractivity (Wildman–Crippen MR) is 108 cm³/mol. The van der Waals surface area contributed by atoms with E-state index in [0.29, 0.717) is 29.4 Å². The van der Waals surface area contributed by atoms with Crippen molar-refractivity contribution in [2.45, 2.75) is 24.8 Å². The Balaban J connectivity index is 1.56. The Hall–Kier alpha value is -3.19. The summed E-state index contributed by atoms with van der Waals surface area (Å²) in [6.45, 7) is 0. The highest BCUT2D eigenvalue weighted by Crippen LogP contribution is 2.44. The molecule has 7 nitrogen and oxygen atoms in total. The zero-order valence-electron chi connectivity index (χ0n) is 15.7. The van der Waals surface area contributed by atoms with Crippen molar-refractivity contribution in [1.82, 2.24) is 20.2 Å². The fourth-order valence-corrected chi connectivity index (χ4v) is 4.37. The van der Waals surface area contributed by atoms with Crippen LogP contribution in [0.2, 0.25) is 5.02 Å². The molecular formula is C21H18ClN5O2. The van der Waals surface area contributed by atoms with Gasteiger partial charge >= 0.3 is 0 Å². The van der Waals surface area contributed by atoms with Gasteiger partial charge in [0, 0.05) is 22.7 Å². The number of fused-ring (bicyclic) bond motifs is 1. The smallest absolute Gasteiger partial charge is 0.248 e. The van der Waals surface area contributed by atoms with Gasteiger partial charge in [-0.25, -0.2) is 0 Å². The van der Waals surface area contributed by atoms with Crippen LogP contribution < -0.4 is 10.1 Å². The van der Waals surface area contributed by atoms with Crippen molar-refractivity contribution < 1.29 is 9.53 Å². The van der Waals surface area contributed by atoms with Crippen molar-refractivity contribution in [1.29, 1.82) is 0 Å². The summed E-state index contributed by atoms with van der Waals surface area (Å²) in [6, 6.07) is 15.0. The molecule has 146 valence electrons. The molecule has 1 aliphatic carbocycles. The summed E-state index contributed by atoms with van der Waals surface area (Å²) >= 11 is 6.22. The number of anilines is 1. The number of aromatic nitrogens is 4. The van der Waals surface area contributed by atoms with Crippen molar-refractivity contribution >= 4 is 23.3 Å². The molecule has 0 bridgehead atoms. The number of ether oxygens (including phenoxy) is 1. The lowest BCUT2D eigenvalue weighted by Gasteiger charge is -2.34. The van der Waals surface area contributed by atoms with Gasteiger partial charge in [0.2, 0.25) is 5.95 Å². The molecule has 5 rings (SSSR count). The topological polar surface area (TPSA) is 81.9 Å². The molecule has 0 radical (unpaired) electrons. The first-order chi connectivity index (χ1) is 14.1. The van der Waals surface area contributed by atoms with Gasteiger partial charge in [0.1, 0.15) is 11.8 Å². The molecule has 2 aromatic carbocycles. The minimum atomic E-state index is -0.390. The lowest BCUT2D eigenvalue weighted by molar-refractivity contribution is -0.116. The standard InChI is InChI=1S/C21H18ClN5O2/c1-29-16-7-5-12(6-8-16)14-10-17-19(18(28)11-14)20(13-3-2-4-15(22)9-13)27-21(23-17)24-25-26-27/h2-9,14,20H,10-11H2,1H3,(H,23,24,26)/t14-,20+/m1/s1. The SMILES string of the molecule is COc1ccc([C@H]2CC(=O)C3=C(C2)Nc2nnnn2[C@H]3c2cccc(Cl)c2)cc1. The van der Waals surface area contributed by atoms with Crippen LogP contribution in [0.3, 0.4) is 0 Å². The molecule has 0 spiro atoms. The lowest BCUT2D eigenvalue weighted by Crippen LogP contribution is -2.33. The minimum Gasteiger partial charge on any atom is -0.497 e. The van der Waals surface area contributed by atoms with E-state index in [4.69, 9.17) is 16.3 Å². The number of rotatable bonds is 3. The Kier molecular flexibility index (Phi) is 4.32. The molecule has 0 fully saturated rings. The van der Waals surface area contributed by atoms with Gasteiger partial charge in [0.15, 0.2) is 5.78 Å². The quantitative estimate of drug-likeness (QED) is 0.712. The van der Waals surface area contributed by atoms with E-state index in [1.165, 1.54) is 0 Å². The highest BCUT2D eigenvalue weighted by atomic mass is 35.5. The molecule has 2 aliphatic rings. The van der Waals surface area contributed by atoms with Crippen LogP contribution in [0.25, 0.3) is 0 Å². The molecule has 0 saturated carbocycles. The fraction of sp³-hybridized carbons (Fsp3) is 0.238. The normalized spacial score (nSPS) is 20.7. The third-order valence-corrected chi connectivity index (χ3v) is 5.77. The molecule has 3 aromatic rings. The van der Waals surface area contributed by atoms with Gasteiger partial charge in [0.25, 0.3) is 0 Å². The van der Waals surface area contributed by atoms with Crippen molar-refractivity contribution in [3.8, 4) is 5.75 Å². The summed E-state index contributed by atoms with van der Waals surface area (Å²) in [5.74, 6) is 1.50. The highest BCUT2D eigenvalue weighted by molar-refractivity contribution is 6.30. The van der Waals surface area contributed by atoms with Crippen LogP contribution in [0.4, 0.5) is 5.95 Å². The summed E-state index contributed by atoms with van der Waals surface area (Å²) in [7, 11) is 1.64. The number of hydrogen-bond donors (Lipinski definition) is 1. The summed E-state index contributed by atoms with van der Waals surface area (Å²) in [5.41, 5.74) is 3.57. The number of Topliss-reactive ketones (excluding diaryl/α,β-unsaturated/α-hetero) is 1. The molecule has 2 heterocycles. The van der Waals surface area contributed by atoms with Gasteiger partial charge in [-0.05, 0) is 58.2 Å². The molecule has 0 amide bonds. The van der Waals surface area contributed by atoms with E-state index in [1.807, 2.05) is 48.5 Å². The van der Waals surface area contributed by atoms with Gasteiger partial charge in [-0.15, -0.1) is 0 Å². The number of nitrogens with one attached hydrogen (secondary N) is 1. The van der Waals surface area contributed by atoms with Crippen LogP contribution in [0, 0.1) is 0 Å². The van der Waals surface area contributed by atoms with Crippen molar-refractivity contribution in [3.05, 3.63) is 76.0 Å². The maximum Gasteiger partial charge on any atom is 0.248 e. The summed E-state index contributed by atoms with van der Waals surface area (Å²) in [5, 5.41) is 15.9. The van der Waals surface area contributed by atoms with Crippen LogP contribution in [-0.4, -0.2) is 33.1 Å². The third kappa shape index (κ3) is 3.07. The number of ketones is 1. The van der Waals surface area contributed by atoms with E-state index in [9.17, 15) is 4.79 Å². The van der Waals surface area contributed by atoms with Crippen LogP contribution in [-0.2, 0) is 4.79 Å². The third-order valence-electron chi connectivity index (χ3n) is 5.53. The second kappa shape index (κ2) is 7.00. The second-order valence-electron chi connectivity index (χ2n) is 7.22. The molecule has 8 heteroatoms. The minimum absolute atomic E-state index is 0.0853. The number of carbonyl (C=O) groups excluding carboxylic acids is 1. The molecule has 2 atom stereocenters. The lowest BCUT2D eigenvalue weighted by atomic mass is 9.78. The van der Waals surface area contributed by atoms with Crippen LogP contribution >= 0.6 is 11.6 Å². The number of benzene rings is 2. The van der Waals surface area contributed by atoms with Crippen molar-refractivity contribution in [3.63, 3.8) is 0 Å². The van der Waals surface area contributed by atoms with E-state index >= 15 is 0 Å². The molecule has 0 saturated heterocycles. The fourth-order valence-electron chi connectivity index (χ4n) is 4.17. The van der Waals surface area contributed by atoms with Gasteiger partial charge < -0.3 is 10.1 Å². The van der Waals surface area contributed by atoms with Gasteiger partial charge in [-0.3, -0.25) is 4.79 Å². The Bertz CT molecular complexity index is 1120. The Morgan fingerprint density at radius 1 is 1.14 bits per heavy atom. The molecule has 29 heavy (non-hydrogen) atoms. The molecule has 1 aliphatic heterocycles. The summed E-state index contributed by atoms with van der Waals surface area (Å²) < 4.78 is 6.89. The van der Waals surface area contributed by atoms with E-state index < -0.39 is 0 Å². The number of methoxy groups -OCH3 is 1. The Morgan fingerprint density at radius 2 is 1.97 bits per heavy atom. The Morgan fingerprint density at radius 3 is 2.72 bits per heavy atom. The first-order valence-electron chi connectivity index (χ1n) is 9.34. The number of tetrazole rings is 1. The second-order valence-corrected chi connectivity index (χ2v) is 7.66.